The van der Waals surface area contributed by atoms with Crippen molar-refractivity contribution in [2.24, 2.45) is 0 Å². The highest BCUT2D eigenvalue weighted by atomic mass is 19.1. The quantitative estimate of drug-likeness (QED) is 0.669. The molecule has 2 rings (SSSR count). The third-order valence-electron chi connectivity index (χ3n) is 3.27. The van der Waals surface area contributed by atoms with Gasteiger partial charge in [0.2, 0.25) is 0 Å². The lowest BCUT2D eigenvalue weighted by Gasteiger charge is -2.10. The number of hydrogen-bond donors (Lipinski definition) is 2. The largest absolute Gasteiger partial charge is 0.493 e. The van der Waals surface area contributed by atoms with Crippen molar-refractivity contribution >= 4 is 11.7 Å². The van der Waals surface area contributed by atoms with Crippen LogP contribution in [-0.2, 0) is 0 Å². The Hall–Kier alpha value is -2.76. The van der Waals surface area contributed by atoms with Crippen LogP contribution >= 0.6 is 0 Å². The first kappa shape index (κ1) is 18.6. The normalized spacial score (nSPS) is 10.2. The molecule has 0 atom stereocenters. The first-order chi connectivity index (χ1) is 12.2. The third kappa shape index (κ3) is 7.12. The molecule has 6 heteroatoms. The van der Waals surface area contributed by atoms with Crippen molar-refractivity contribution in [1.29, 1.82) is 0 Å². The third-order valence-corrected chi connectivity index (χ3v) is 3.27. The lowest BCUT2D eigenvalue weighted by Crippen LogP contribution is -2.29. The number of ether oxygens (including phenoxy) is 2. The van der Waals surface area contributed by atoms with Crippen molar-refractivity contribution in [3.05, 3.63) is 54.3 Å². The molecule has 0 unspecified atom stereocenters. The van der Waals surface area contributed by atoms with E-state index in [1.807, 2.05) is 19.1 Å². The SMILES string of the molecule is CCCNC(=O)Nc1cccc(OCCCOc2ccc(F)cc2)c1. The molecule has 2 aromatic carbocycles. The smallest absolute Gasteiger partial charge is 0.319 e. The molecule has 25 heavy (non-hydrogen) atoms. The predicted octanol–water partition coefficient (Wildman–Crippen LogP) is 4.21. The van der Waals surface area contributed by atoms with Crippen LogP contribution in [0, 0.1) is 5.82 Å². The molecule has 0 saturated carbocycles. The molecule has 0 aliphatic heterocycles. The van der Waals surface area contributed by atoms with E-state index >= 15 is 0 Å². The monoisotopic (exact) mass is 346 g/mol. The summed E-state index contributed by atoms with van der Waals surface area (Å²) in [4.78, 5) is 11.6. The molecule has 0 spiro atoms. The molecule has 0 aromatic heterocycles. The van der Waals surface area contributed by atoms with E-state index in [2.05, 4.69) is 10.6 Å². The molecule has 134 valence electrons. The van der Waals surface area contributed by atoms with Gasteiger partial charge in [-0.25, -0.2) is 9.18 Å². The van der Waals surface area contributed by atoms with Crippen molar-refractivity contribution in [1.82, 2.24) is 5.32 Å². The fraction of sp³-hybridized carbons (Fsp3) is 0.316. The van der Waals surface area contributed by atoms with E-state index in [4.69, 9.17) is 9.47 Å². The van der Waals surface area contributed by atoms with Crippen molar-refractivity contribution in [3.63, 3.8) is 0 Å². The highest BCUT2D eigenvalue weighted by Gasteiger charge is 2.02. The standard InChI is InChI=1S/C19H23FN2O3/c1-2-11-21-19(23)22-16-5-3-6-18(14-16)25-13-4-12-24-17-9-7-15(20)8-10-17/h3,5-10,14H,2,4,11-13H2,1H3,(H2,21,22,23). The molecule has 0 radical (unpaired) electrons. The maximum Gasteiger partial charge on any atom is 0.319 e. The van der Waals surface area contributed by atoms with Crippen molar-refractivity contribution in [2.45, 2.75) is 19.8 Å². The van der Waals surface area contributed by atoms with Gasteiger partial charge in [-0.3, -0.25) is 0 Å². The van der Waals surface area contributed by atoms with Gasteiger partial charge in [0.1, 0.15) is 17.3 Å². The van der Waals surface area contributed by atoms with Crippen LogP contribution in [0.5, 0.6) is 11.5 Å². The molecular formula is C19H23FN2O3. The summed E-state index contributed by atoms with van der Waals surface area (Å²) in [6.45, 7) is 3.58. The summed E-state index contributed by atoms with van der Waals surface area (Å²) in [6, 6.07) is 12.9. The van der Waals surface area contributed by atoms with E-state index in [9.17, 15) is 9.18 Å². The molecule has 0 fully saturated rings. The molecule has 2 N–H and O–H groups in total. The number of amides is 2. The highest BCUT2D eigenvalue weighted by molar-refractivity contribution is 5.89. The van der Waals surface area contributed by atoms with Gasteiger partial charge >= 0.3 is 6.03 Å². The van der Waals surface area contributed by atoms with E-state index in [-0.39, 0.29) is 11.8 Å². The van der Waals surface area contributed by atoms with Crippen LogP contribution < -0.4 is 20.1 Å². The van der Waals surface area contributed by atoms with E-state index < -0.39 is 0 Å². The van der Waals surface area contributed by atoms with Crippen molar-refractivity contribution < 1.29 is 18.7 Å². The Morgan fingerprint density at radius 3 is 2.48 bits per heavy atom. The predicted molar refractivity (Wildman–Crippen MR) is 95.8 cm³/mol. The first-order valence-corrected chi connectivity index (χ1v) is 8.33. The van der Waals surface area contributed by atoms with Gasteiger partial charge in [0.15, 0.2) is 0 Å². The van der Waals surface area contributed by atoms with Gasteiger partial charge in [-0.15, -0.1) is 0 Å². The van der Waals surface area contributed by atoms with E-state index in [1.165, 1.54) is 12.1 Å². The molecule has 0 aliphatic rings. The minimum Gasteiger partial charge on any atom is -0.493 e. The number of rotatable bonds is 9. The number of halogens is 1. The Morgan fingerprint density at radius 1 is 1.04 bits per heavy atom. The second-order valence-electron chi connectivity index (χ2n) is 5.41. The van der Waals surface area contributed by atoms with Gasteiger partial charge in [-0.05, 0) is 42.8 Å². The molecule has 0 saturated heterocycles. The summed E-state index contributed by atoms with van der Waals surface area (Å²) in [5.41, 5.74) is 0.675. The van der Waals surface area contributed by atoms with Gasteiger partial charge < -0.3 is 20.1 Å². The van der Waals surface area contributed by atoms with Crippen LogP contribution in [0.1, 0.15) is 19.8 Å². The number of carbonyl (C=O) groups excluding carboxylic acids is 1. The second kappa shape index (κ2) is 10.2. The molecule has 0 heterocycles. The molecule has 0 bridgehead atoms. The number of anilines is 1. The van der Waals surface area contributed by atoms with Crippen LogP contribution in [0.25, 0.3) is 0 Å². The van der Waals surface area contributed by atoms with Gasteiger partial charge in [-0.2, -0.15) is 0 Å². The Labute approximate surface area is 147 Å². The Morgan fingerprint density at radius 2 is 1.76 bits per heavy atom. The maximum absolute atomic E-state index is 12.8. The Kier molecular flexibility index (Phi) is 7.56. The zero-order chi connectivity index (χ0) is 17.9. The van der Waals surface area contributed by atoms with Crippen LogP contribution in [0.15, 0.2) is 48.5 Å². The van der Waals surface area contributed by atoms with E-state index in [0.29, 0.717) is 43.4 Å². The summed E-state index contributed by atoms with van der Waals surface area (Å²) in [6.07, 6.45) is 1.57. The summed E-state index contributed by atoms with van der Waals surface area (Å²) >= 11 is 0. The zero-order valence-corrected chi connectivity index (χ0v) is 14.3. The topological polar surface area (TPSA) is 59.6 Å². The van der Waals surface area contributed by atoms with Crippen LogP contribution in [0.4, 0.5) is 14.9 Å². The van der Waals surface area contributed by atoms with Gasteiger partial charge in [0.25, 0.3) is 0 Å². The number of hydrogen-bond acceptors (Lipinski definition) is 3. The van der Waals surface area contributed by atoms with E-state index in [0.717, 1.165) is 6.42 Å². The van der Waals surface area contributed by atoms with Crippen LogP contribution in [-0.4, -0.2) is 25.8 Å². The number of urea groups is 1. The number of benzene rings is 2. The van der Waals surface area contributed by atoms with Gasteiger partial charge in [0, 0.05) is 24.7 Å². The number of nitrogens with one attached hydrogen (secondary N) is 2. The van der Waals surface area contributed by atoms with Crippen molar-refractivity contribution in [3.8, 4) is 11.5 Å². The second-order valence-corrected chi connectivity index (χ2v) is 5.41. The Balaban J connectivity index is 1.69. The van der Waals surface area contributed by atoms with Crippen LogP contribution in [0.2, 0.25) is 0 Å². The summed E-state index contributed by atoms with van der Waals surface area (Å²) in [5, 5.41) is 5.51. The molecule has 5 nitrogen and oxygen atoms in total. The van der Waals surface area contributed by atoms with Crippen molar-refractivity contribution in [2.75, 3.05) is 25.1 Å². The minimum absolute atomic E-state index is 0.230. The van der Waals surface area contributed by atoms with Gasteiger partial charge in [0.05, 0.1) is 13.2 Å². The van der Waals surface area contributed by atoms with Gasteiger partial charge in [-0.1, -0.05) is 13.0 Å². The molecule has 0 aliphatic carbocycles. The average molecular weight is 346 g/mol. The summed E-state index contributed by atoms with van der Waals surface area (Å²) in [7, 11) is 0. The highest BCUT2D eigenvalue weighted by Crippen LogP contribution is 2.17. The number of carbonyl (C=O) groups is 1. The average Bonchev–Trinajstić information content (AvgIpc) is 2.61. The summed E-state index contributed by atoms with van der Waals surface area (Å²) < 4.78 is 23.9. The fourth-order valence-electron chi connectivity index (χ4n) is 2.05. The fourth-order valence-corrected chi connectivity index (χ4v) is 2.05. The maximum atomic E-state index is 12.8. The molecular weight excluding hydrogens is 323 g/mol. The molecule has 2 amide bonds. The summed E-state index contributed by atoms with van der Waals surface area (Å²) in [5.74, 6) is 1.02. The van der Waals surface area contributed by atoms with E-state index in [1.54, 1.807) is 24.3 Å². The Bertz CT molecular complexity index is 662. The molecule has 2 aromatic rings. The first-order valence-electron chi connectivity index (χ1n) is 8.33. The lowest BCUT2D eigenvalue weighted by molar-refractivity contribution is 0.247. The minimum atomic E-state index is -0.285. The van der Waals surface area contributed by atoms with Crippen LogP contribution in [0.3, 0.4) is 0 Å². The zero-order valence-electron chi connectivity index (χ0n) is 14.3. The lowest BCUT2D eigenvalue weighted by atomic mass is 10.3.